The first-order chi connectivity index (χ1) is 24.2. The molecule has 50 heavy (non-hydrogen) atoms. The lowest BCUT2D eigenvalue weighted by molar-refractivity contribution is -0.161. The number of hydrogen-bond donors (Lipinski definition) is 3. The molecule has 1 fully saturated rings. The van der Waals surface area contributed by atoms with E-state index in [9.17, 15) is 29.7 Å². The average molecular weight is 707 g/mol. The van der Waals surface area contributed by atoms with Crippen molar-refractivity contribution in [3.8, 4) is 0 Å². The molecule has 0 amide bonds. The highest BCUT2D eigenvalue weighted by Crippen LogP contribution is 2.33. The van der Waals surface area contributed by atoms with Gasteiger partial charge in [0.25, 0.3) is 0 Å². The largest absolute Gasteiger partial charge is 0.462 e. The van der Waals surface area contributed by atoms with Crippen LogP contribution in [0.15, 0.2) is 24.3 Å². The highest BCUT2D eigenvalue weighted by Gasteiger charge is 2.39. The first-order valence-electron chi connectivity index (χ1n) is 20.4. The Balaban J connectivity index is 2.10. The molecule has 1 aliphatic carbocycles. The summed E-state index contributed by atoms with van der Waals surface area (Å²) in [4.78, 5) is 36.9. The van der Waals surface area contributed by atoms with Crippen LogP contribution < -0.4 is 0 Å². The molecule has 0 bridgehead atoms. The fraction of sp³-hybridized carbons (Fsp3) is 0.833. The average Bonchev–Trinajstić information content (AvgIpc) is 3.35. The second-order valence-electron chi connectivity index (χ2n) is 15.0. The summed E-state index contributed by atoms with van der Waals surface area (Å²) in [6.07, 6.45) is 28.8. The zero-order valence-corrected chi connectivity index (χ0v) is 32.0. The molecule has 3 N–H and O–H groups in total. The minimum atomic E-state index is -0.873. The summed E-state index contributed by atoms with van der Waals surface area (Å²) >= 11 is 0. The Labute approximate surface area is 304 Å². The van der Waals surface area contributed by atoms with Crippen LogP contribution in [0, 0.1) is 17.8 Å². The van der Waals surface area contributed by atoms with Gasteiger partial charge in [0.15, 0.2) is 6.10 Å². The Kier molecular flexibility index (Phi) is 28.1. The van der Waals surface area contributed by atoms with Gasteiger partial charge < -0.3 is 24.8 Å². The van der Waals surface area contributed by atoms with Crippen LogP contribution in [-0.4, -0.2) is 64.6 Å². The van der Waals surface area contributed by atoms with E-state index in [1.807, 2.05) is 12.2 Å². The molecule has 1 rings (SSSR count). The quantitative estimate of drug-likeness (QED) is 0.0359. The maximum atomic E-state index is 12.5. The van der Waals surface area contributed by atoms with Gasteiger partial charge in [-0.15, -0.1) is 0 Å². The lowest BCUT2D eigenvalue weighted by atomic mass is 9.90. The molecule has 1 aliphatic rings. The molecule has 8 nitrogen and oxygen atoms in total. The number of hydrogen-bond acceptors (Lipinski definition) is 8. The van der Waals surface area contributed by atoms with Gasteiger partial charge in [0, 0.05) is 31.1 Å². The van der Waals surface area contributed by atoms with E-state index in [4.69, 9.17) is 9.47 Å². The monoisotopic (exact) mass is 707 g/mol. The summed E-state index contributed by atoms with van der Waals surface area (Å²) < 4.78 is 10.6. The molecule has 0 saturated heterocycles. The summed E-state index contributed by atoms with van der Waals surface area (Å²) in [7, 11) is 0. The number of esters is 2. The number of unbranched alkanes of at least 4 members (excludes halogenated alkanes) is 15. The molecule has 5 atom stereocenters. The van der Waals surface area contributed by atoms with Crippen molar-refractivity contribution in [3.63, 3.8) is 0 Å². The molecule has 8 heteroatoms. The molecule has 0 aromatic carbocycles. The van der Waals surface area contributed by atoms with Crippen LogP contribution in [0.25, 0.3) is 0 Å². The summed E-state index contributed by atoms with van der Waals surface area (Å²) in [6, 6.07) is 0. The van der Waals surface area contributed by atoms with Gasteiger partial charge >= 0.3 is 11.9 Å². The molecule has 0 spiro atoms. The van der Waals surface area contributed by atoms with Crippen molar-refractivity contribution in [2.45, 2.75) is 193 Å². The summed E-state index contributed by atoms with van der Waals surface area (Å²) in [5.41, 5.74) is 0. The third-order valence-corrected chi connectivity index (χ3v) is 9.79. The zero-order valence-electron chi connectivity index (χ0n) is 32.0. The van der Waals surface area contributed by atoms with Crippen LogP contribution >= 0.6 is 0 Å². The molecule has 1 saturated carbocycles. The van der Waals surface area contributed by atoms with Gasteiger partial charge in [-0.05, 0) is 38.0 Å². The van der Waals surface area contributed by atoms with Crippen LogP contribution in [0.4, 0.5) is 0 Å². The van der Waals surface area contributed by atoms with Crippen molar-refractivity contribution in [3.05, 3.63) is 24.3 Å². The van der Waals surface area contributed by atoms with Crippen LogP contribution in [0.2, 0.25) is 0 Å². The number of ether oxygens (including phenoxy) is 2. The van der Waals surface area contributed by atoms with E-state index < -0.39 is 30.9 Å². The predicted molar refractivity (Wildman–Crippen MR) is 202 cm³/mol. The molecule has 0 unspecified atom stereocenters. The zero-order chi connectivity index (χ0) is 36.8. The van der Waals surface area contributed by atoms with E-state index >= 15 is 0 Å². The maximum absolute atomic E-state index is 12.5. The fourth-order valence-electron chi connectivity index (χ4n) is 6.60. The Bertz CT molecular complexity index is 929. The second kappa shape index (κ2) is 30.6. The number of carbonyl (C=O) groups is 3. The van der Waals surface area contributed by atoms with Gasteiger partial charge in [0.2, 0.25) is 0 Å². The van der Waals surface area contributed by atoms with E-state index in [0.717, 1.165) is 44.4 Å². The molecule has 0 aromatic heterocycles. The second-order valence-corrected chi connectivity index (χ2v) is 15.0. The first kappa shape index (κ1) is 46.0. The van der Waals surface area contributed by atoms with Crippen molar-refractivity contribution in [2.24, 2.45) is 17.8 Å². The number of aliphatic hydroxyl groups is 3. The van der Waals surface area contributed by atoms with Gasteiger partial charge in [-0.1, -0.05) is 148 Å². The first-order valence-corrected chi connectivity index (χ1v) is 20.4. The van der Waals surface area contributed by atoms with Gasteiger partial charge in [0.05, 0.1) is 18.8 Å². The van der Waals surface area contributed by atoms with Gasteiger partial charge in [-0.25, -0.2) is 0 Å². The molecular weight excluding hydrogens is 632 g/mol. The van der Waals surface area contributed by atoms with E-state index in [-0.39, 0.29) is 43.0 Å². The third kappa shape index (κ3) is 24.2. The normalized spacial score (nSPS) is 19.2. The molecule has 0 radical (unpaired) electrons. The molecule has 290 valence electrons. The summed E-state index contributed by atoms with van der Waals surface area (Å²) in [6.45, 7) is 6.15. The topological polar surface area (TPSA) is 130 Å². The van der Waals surface area contributed by atoms with E-state index in [1.165, 1.54) is 70.6 Å². The van der Waals surface area contributed by atoms with Crippen LogP contribution in [-0.2, 0) is 23.9 Å². The Hall–Kier alpha value is -2.03. The minimum Gasteiger partial charge on any atom is -0.462 e. The SMILES string of the molecule is CCCCC[C@H](O)/C=C/[C@H]1[C@H](O)CC(=O)[C@@H]1C/C=C\CCCC(=O)O[C@@H](CO)COC(=O)CCCCCCCCCCCCCCCC(C)C. The van der Waals surface area contributed by atoms with E-state index in [0.29, 0.717) is 32.1 Å². The van der Waals surface area contributed by atoms with Crippen LogP contribution in [0.1, 0.15) is 175 Å². The third-order valence-electron chi connectivity index (χ3n) is 9.79. The number of Topliss-reactive ketones (excluding diaryl/α,β-unsaturated/α-hetero) is 1. The highest BCUT2D eigenvalue weighted by molar-refractivity contribution is 5.84. The Morgan fingerprint density at radius 1 is 0.800 bits per heavy atom. The molecule has 0 aliphatic heterocycles. The van der Waals surface area contributed by atoms with E-state index in [1.54, 1.807) is 12.2 Å². The predicted octanol–water partition coefficient (Wildman–Crippen LogP) is 9.12. The molecular formula is C42H74O8. The Morgan fingerprint density at radius 3 is 1.98 bits per heavy atom. The van der Waals surface area contributed by atoms with Crippen LogP contribution in [0.5, 0.6) is 0 Å². The summed E-state index contributed by atoms with van der Waals surface area (Å²) in [5, 5.41) is 30.2. The van der Waals surface area contributed by atoms with Crippen LogP contribution in [0.3, 0.4) is 0 Å². The number of aliphatic hydroxyl groups excluding tert-OH is 3. The number of carbonyl (C=O) groups excluding carboxylic acids is 3. The standard InChI is InChI=1S/C42H74O8/c1-4-5-19-25-35(44)29-30-38-37(39(45)31-40(38)46)26-21-17-18-23-28-42(48)50-36(32-43)33-49-41(47)27-22-16-14-12-10-8-6-7-9-11-13-15-20-24-34(2)3/h17,21,29-30,34-38,40,43-44,46H,4-16,18-20,22-28,31-33H2,1-3H3/b21-17-,30-29+/t35-,36-,37+,38+,40+/m0/s1. The molecule has 0 aromatic rings. The van der Waals surface area contributed by atoms with Crippen molar-refractivity contribution in [1.82, 2.24) is 0 Å². The minimum absolute atomic E-state index is 0.0289. The number of allylic oxidation sites excluding steroid dienone is 2. The lowest BCUT2D eigenvalue weighted by Gasteiger charge is -2.16. The van der Waals surface area contributed by atoms with Crippen molar-refractivity contribution >= 4 is 17.7 Å². The summed E-state index contributed by atoms with van der Waals surface area (Å²) in [5.74, 6) is -0.550. The van der Waals surface area contributed by atoms with Crippen molar-refractivity contribution in [1.29, 1.82) is 0 Å². The van der Waals surface area contributed by atoms with Gasteiger partial charge in [0.1, 0.15) is 12.4 Å². The lowest BCUT2D eigenvalue weighted by Crippen LogP contribution is -2.28. The smallest absolute Gasteiger partial charge is 0.306 e. The number of ketones is 1. The maximum Gasteiger partial charge on any atom is 0.306 e. The number of rotatable bonds is 32. The Morgan fingerprint density at radius 2 is 1.38 bits per heavy atom. The highest BCUT2D eigenvalue weighted by atomic mass is 16.6. The van der Waals surface area contributed by atoms with Crippen molar-refractivity contribution in [2.75, 3.05) is 13.2 Å². The van der Waals surface area contributed by atoms with Gasteiger partial charge in [-0.2, -0.15) is 0 Å². The van der Waals surface area contributed by atoms with E-state index in [2.05, 4.69) is 20.8 Å². The van der Waals surface area contributed by atoms with Crippen molar-refractivity contribution < 1.29 is 39.2 Å². The molecule has 0 heterocycles. The fourth-order valence-corrected chi connectivity index (χ4v) is 6.60. The van der Waals surface area contributed by atoms with Gasteiger partial charge in [-0.3, -0.25) is 14.4 Å².